The minimum absolute atomic E-state index is 0.175. The number of halogens is 2. The van der Waals surface area contributed by atoms with E-state index in [4.69, 9.17) is 8.37 Å². The molecule has 0 fully saturated rings. The second kappa shape index (κ2) is 16.5. The number of carbonyl (C=O) groups is 4. The van der Waals surface area contributed by atoms with Gasteiger partial charge in [0.1, 0.15) is 9.79 Å². The van der Waals surface area contributed by atoms with Crippen LogP contribution in [0.2, 0.25) is 0 Å². The molecule has 0 aromatic heterocycles. The maximum absolute atomic E-state index is 14.6. The number of benzene rings is 4. The highest BCUT2D eigenvalue weighted by Gasteiger charge is 2.59. The summed E-state index contributed by atoms with van der Waals surface area (Å²) >= 11 is 7.45. The molecule has 0 atom stereocenters. The third-order valence-electron chi connectivity index (χ3n) is 12.5. The van der Waals surface area contributed by atoms with Crippen molar-refractivity contribution < 1.29 is 44.4 Å². The van der Waals surface area contributed by atoms with Crippen LogP contribution in [0, 0.1) is 13.8 Å². The molecule has 0 radical (unpaired) electrons. The van der Waals surface area contributed by atoms with Crippen LogP contribution in [0.4, 0.5) is 0 Å². The molecule has 8 rings (SSSR count). The Labute approximate surface area is 407 Å². The monoisotopic (exact) mass is 1100 g/mol. The molecule has 348 valence electrons. The van der Waals surface area contributed by atoms with Crippen LogP contribution in [0.5, 0.6) is 11.5 Å². The van der Waals surface area contributed by atoms with Gasteiger partial charge in [0.2, 0.25) is 23.1 Å². The number of fused-ring (bicyclic) bond motifs is 6. The lowest BCUT2D eigenvalue weighted by molar-refractivity contribution is -0.112. The highest BCUT2D eigenvalue weighted by molar-refractivity contribution is 9.11. The molecule has 4 aliphatic rings. The van der Waals surface area contributed by atoms with Crippen molar-refractivity contribution in [2.24, 2.45) is 20.5 Å². The van der Waals surface area contributed by atoms with Gasteiger partial charge in [-0.1, -0.05) is 84.6 Å². The summed E-state index contributed by atoms with van der Waals surface area (Å²) < 4.78 is 70.7. The topological polar surface area (TPSA) is 350 Å². The molecule has 0 amide bonds. The Bertz CT molecular complexity index is 3470. The smallest absolute Gasteiger partial charge is 0.339 e. The van der Waals surface area contributed by atoms with Crippen molar-refractivity contribution in [3.8, 4) is 11.5 Å². The minimum Gasteiger partial charge on any atom is -0.377 e. The molecule has 0 saturated heterocycles. The number of rotatable bonds is 10. The fourth-order valence-electron chi connectivity index (χ4n) is 10.1. The van der Waals surface area contributed by atoms with Gasteiger partial charge >= 0.3 is 20.2 Å². The molecule has 4 aromatic rings. The SMILES string of the molecule is Cc1cc2c(c(Br)c1OS(=O)(=O)c1cccc3c1C(N=[N+]=[N-])=C(N=[N+]=[N-])C(=O)C3=O)C1(CC2(C)C)CC(C)(C)c2cc(C)c(OS(=O)(=O)c3cccc4c3C(N=[N+]=[N-])=C(N=[N+]=[N-])C(=O)C4=O)c(Br)c21. The molecule has 4 aliphatic carbocycles. The summed E-state index contributed by atoms with van der Waals surface area (Å²) in [5.41, 5.74) is 33.2. The Morgan fingerprint density at radius 1 is 0.551 bits per heavy atom. The summed E-state index contributed by atoms with van der Waals surface area (Å²) in [6.45, 7) is 11.3. The summed E-state index contributed by atoms with van der Waals surface area (Å²) in [7, 11) is -10.0. The number of Topliss-reactive ketones (excluding diaryl/α,β-unsaturated/α-hetero) is 4. The van der Waals surface area contributed by atoms with E-state index >= 15 is 0 Å². The summed E-state index contributed by atoms with van der Waals surface area (Å²) in [6, 6.07) is 10.4. The summed E-state index contributed by atoms with van der Waals surface area (Å²) in [5, 5.41) is 13.4. The molecule has 4 aromatic carbocycles. The molecule has 26 heteroatoms. The Morgan fingerprint density at radius 3 is 1.22 bits per heavy atom. The predicted octanol–water partition coefficient (Wildman–Crippen LogP) is 11.1. The quantitative estimate of drug-likeness (QED) is 0.0475. The van der Waals surface area contributed by atoms with E-state index in [9.17, 15) is 58.1 Å². The average molecular weight is 1100 g/mol. The van der Waals surface area contributed by atoms with Crippen molar-refractivity contribution in [3.05, 3.63) is 166 Å². The van der Waals surface area contributed by atoms with Gasteiger partial charge in [-0.25, -0.2) is 0 Å². The number of aryl methyl sites for hydroxylation is 2. The largest absolute Gasteiger partial charge is 0.377 e. The first-order chi connectivity index (χ1) is 32.3. The van der Waals surface area contributed by atoms with Crippen LogP contribution in [0.15, 0.2) is 99.1 Å². The first kappa shape index (κ1) is 48.2. The van der Waals surface area contributed by atoms with Crippen molar-refractivity contribution in [3.63, 3.8) is 0 Å². The number of hydrogen-bond acceptors (Lipinski definition) is 14. The summed E-state index contributed by atoms with van der Waals surface area (Å²) in [4.78, 5) is 61.4. The molecule has 1 spiro atoms. The van der Waals surface area contributed by atoms with Gasteiger partial charge in [0, 0.05) is 47.3 Å². The van der Waals surface area contributed by atoms with Crippen molar-refractivity contribution in [2.75, 3.05) is 0 Å². The van der Waals surface area contributed by atoms with E-state index in [1.54, 1.807) is 26.0 Å². The maximum atomic E-state index is 14.6. The first-order valence-corrected chi connectivity index (χ1v) is 24.5. The normalized spacial score (nSPS) is 18.6. The Kier molecular flexibility index (Phi) is 11.5. The van der Waals surface area contributed by atoms with Crippen molar-refractivity contribution in [1.29, 1.82) is 0 Å². The van der Waals surface area contributed by atoms with Crippen LogP contribution in [0.3, 0.4) is 0 Å². The predicted molar refractivity (Wildman–Crippen MR) is 251 cm³/mol. The molecular weight excluding hydrogens is 1070 g/mol. The molecule has 0 heterocycles. The van der Waals surface area contributed by atoms with Crippen molar-refractivity contribution >= 4 is 86.6 Å². The Hall–Kier alpha value is -7.26. The molecule has 69 heavy (non-hydrogen) atoms. The van der Waals surface area contributed by atoms with Gasteiger partial charge in [-0.2, -0.15) is 16.8 Å². The van der Waals surface area contributed by atoms with Crippen LogP contribution < -0.4 is 8.37 Å². The zero-order valence-electron chi connectivity index (χ0n) is 36.6. The molecular formula is C43H30Br2N12O10S2. The molecule has 0 N–H and O–H groups in total. The lowest BCUT2D eigenvalue weighted by Gasteiger charge is -2.32. The second-order valence-corrected chi connectivity index (χ2v) is 22.2. The van der Waals surface area contributed by atoms with Crippen LogP contribution in [-0.2, 0) is 46.1 Å². The number of nitrogens with zero attached hydrogens (tertiary/aromatic N) is 12. The molecule has 0 saturated carbocycles. The zero-order chi connectivity index (χ0) is 50.5. The van der Waals surface area contributed by atoms with Gasteiger partial charge in [-0.05, 0) is 137 Å². The second-order valence-electron chi connectivity index (χ2n) is 17.6. The van der Waals surface area contributed by atoms with E-state index in [2.05, 4.69) is 72.0 Å². The van der Waals surface area contributed by atoms with Gasteiger partial charge in [0.15, 0.2) is 11.5 Å². The average Bonchev–Trinajstić information content (AvgIpc) is 3.64. The van der Waals surface area contributed by atoms with E-state index in [1.165, 1.54) is 12.1 Å². The third kappa shape index (κ3) is 7.19. The minimum atomic E-state index is -5.02. The molecule has 0 bridgehead atoms. The van der Waals surface area contributed by atoms with Gasteiger partial charge in [0.25, 0.3) is 0 Å². The van der Waals surface area contributed by atoms with E-state index in [0.717, 1.165) is 35.4 Å². The lowest BCUT2D eigenvalue weighted by atomic mass is 9.72. The van der Waals surface area contributed by atoms with Crippen molar-refractivity contribution in [1.82, 2.24) is 0 Å². The van der Waals surface area contributed by atoms with Gasteiger partial charge in [-0.15, -0.1) is 0 Å². The first-order valence-electron chi connectivity index (χ1n) is 20.1. The maximum Gasteiger partial charge on any atom is 0.339 e. The number of azide groups is 4. The number of ketones is 4. The van der Waals surface area contributed by atoms with E-state index < -0.39 is 114 Å². The van der Waals surface area contributed by atoms with Gasteiger partial charge < -0.3 is 8.37 Å². The van der Waals surface area contributed by atoms with Crippen molar-refractivity contribution in [2.45, 2.75) is 80.4 Å². The third-order valence-corrected chi connectivity index (χ3v) is 16.6. The standard InChI is InChI=1S/C43H30Br2N12O10S2/c1-17-13-21-27(29(44)39(17)66-68(62,63)23-11-7-9-19-25(23)31(50-54-46)33(52-56-48)37(60)35(19)58)43(15-41(21,3)4)16-42(5,6)22-14-18(2)40(30(45)28(22)43)67-69(64,65)24-12-8-10-20-26(24)32(51-55-47)34(53-57-49)38(61)36(20)59/h7-14H,15-16H2,1-6H3. The van der Waals surface area contributed by atoms with Crippen LogP contribution in [0.1, 0.15) is 106 Å². The molecule has 22 nitrogen and oxygen atoms in total. The number of allylic oxidation sites excluding steroid dienone is 2. The van der Waals surface area contributed by atoms with Gasteiger partial charge in [0.05, 0.1) is 31.7 Å². The zero-order valence-corrected chi connectivity index (χ0v) is 41.4. The number of carbonyl (C=O) groups excluding carboxylic acids is 4. The van der Waals surface area contributed by atoms with Gasteiger partial charge in [-0.3, -0.25) is 19.2 Å². The summed E-state index contributed by atoms with van der Waals surface area (Å²) in [6.07, 6.45) is 0.785. The summed E-state index contributed by atoms with van der Waals surface area (Å²) in [5.74, 6) is -5.42. The lowest BCUT2D eigenvalue weighted by Crippen LogP contribution is -2.28. The highest BCUT2D eigenvalue weighted by atomic mass is 79.9. The highest BCUT2D eigenvalue weighted by Crippen LogP contribution is 2.67. The van der Waals surface area contributed by atoms with Crippen LogP contribution in [-0.4, -0.2) is 40.0 Å². The molecule has 0 aliphatic heterocycles. The van der Waals surface area contributed by atoms with E-state index in [-0.39, 0.29) is 20.4 Å². The van der Waals surface area contributed by atoms with Crippen LogP contribution >= 0.6 is 31.9 Å². The molecule has 0 unspecified atom stereocenters. The Balaban J connectivity index is 1.31. The fraction of sp³-hybridized carbons (Fsp3) is 0.256. The Morgan fingerprint density at radius 2 is 0.884 bits per heavy atom. The van der Waals surface area contributed by atoms with E-state index in [1.807, 2.05) is 27.7 Å². The number of hydrogen-bond donors (Lipinski definition) is 0. The van der Waals surface area contributed by atoms with Crippen LogP contribution in [0.25, 0.3) is 53.2 Å². The fourth-order valence-corrected chi connectivity index (χ4v) is 14.7. The van der Waals surface area contributed by atoms with E-state index in [0.29, 0.717) is 35.1 Å².